The summed E-state index contributed by atoms with van der Waals surface area (Å²) in [4.78, 5) is 8.67. The summed E-state index contributed by atoms with van der Waals surface area (Å²) in [5, 5.41) is 5.46. The number of benzene rings is 1. The summed E-state index contributed by atoms with van der Waals surface area (Å²) >= 11 is 0. The van der Waals surface area contributed by atoms with Crippen molar-refractivity contribution in [2.24, 2.45) is 0 Å². The van der Waals surface area contributed by atoms with Gasteiger partial charge in [-0.1, -0.05) is 17.7 Å². The van der Waals surface area contributed by atoms with Crippen LogP contribution in [0.3, 0.4) is 0 Å². The van der Waals surface area contributed by atoms with Gasteiger partial charge in [0.15, 0.2) is 5.65 Å². The molecule has 3 aromatic heterocycles. The van der Waals surface area contributed by atoms with Crippen molar-refractivity contribution in [1.82, 2.24) is 19.7 Å². The maximum Gasteiger partial charge on any atom is 0.163 e. The molecule has 23 heavy (non-hydrogen) atoms. The second kappa shape index (κ2) is 5.21. The molecule has 0 bridgehead atoms. The molecule has 0 saturated heterocycles. The molecule has 0 aliphatic heterocycles. The van der Waals surface area contributed by atoms with Crippen LogP contribution in [0.1, 0.15) is 5.56 Å². The van der Waals surface area contributed by atoms with Crippen molar-refractivity contribution >= 4 is 16.7 Å². The Labute approximate surface area is 133 Å². The molecule has 0 saturated carbocycles. The van der Waals surface area contributed by atoms with E-state index in [1.165, 1.54) is 5.56 Å². The second-order valence-corrected chi connectivity index (χ2v) is 5.45. The van der Waals surface area contributed by atoms with E-state index >= 15 is 0 Å². The number of pyridine rings is 2. The van der Waals surface area contributed by atoms with Gasteiger partial charge in [0.2, 0.25) is 0 Å². The van der Waals surface area contributed by atoms with Gasteiger partial charge in [-0.05, 0) is 36.8 Å². The monoisotopic (exact) mass is 301 g/mol. The minimum Gasteiger partial charge on any atom is -0.398 e. The fourth-order valence-corrected chi connectivity index (χ4v) is 2.67. The predicted molar refractivity (Wildman–Crippen MR) is 91.2 cm³/mol. The normalized spacial score (nSPS) is 11.0. The van der Waals surface area contributed by atoms with Crippen molar-refractivity contribution in [2.75, 3.05) is 5.73 Å². The second-order valence-electron chi connectivity index (χ2n) is 5.45. The van der Waals surface area contributed by atoms with Crippen LogP contribution in [-0.4, -0.2) is 19.7 Å². The molecule has 0 aliphatic carbocycles. The van der Waals surface area contributed by atoms with Gasteiger partial charge in [0, 0.05) is 35.2 Å². The third kappa shape index (κ3) is 2.23. The van der Waals surface area contributed by atoms with E-state index in [-0.39, 0.29) is 0 Å². The summed E-state index contributed by atoms with van der Waals surface area (Å²) < 4.78 is 1.84. The van der Waals surface area contributed by atoms with Crippen molar-refractivity contribution in [3.63, 3.8) is 0 Å². The number of nitrogens with two attached hydrogens (primary N) is 1. The van der Waals surface area contributed by atoms with Crippen LogP contribution < -0.4 is 5.73 Å². The van der Waals surface area contributed by atoms with Gasteiger partial charge in [-0.2, -0.15) is 5.10 Å². The van der Waals surface area contributed by atoms with Gasteiger partial charge in [-0.3, -0.25) is 4.98 Å². The van der Waals surface area contributed by atoms with Crippen LogP contribution in [0.4, 0.5) is 5.69 Å². The Hall–Kier alpha value is -3.21. The zero-order chi connectivity index (χ0) is 15.8. The van der Waals surface area contributed by atoms with E-state index in [2.05, 4.69) is 34.1 Å². The highest BCUT2D eigenvalue weighted by atomic mass is 15.3. The summed E-state index contributed by atoms with van der Waals surface area (Å²) in [5.74, 6) is 0. The molecule has 0 spiro atoms. The zero-order valence-electron chi connectivity index (χ0n) is 12.6. The standard InChI is InChI=1S/C18H15N5/c1-12-2-4-13(5-3-12)23-18-16(11-22-23)14(6-9-21-18)15-10-20-8-7-17(15)19/h2-11H,1H3,(H2,19,20). The zero-order valence-corrected chi connectivity index (χ0v) is 12.6. The van der Waals surface area contributed by atoms with Gasteiger partial charge in [0.25, 0.3) is 0 Å². The molecule has 4 aromatic rings. The lowest BCUT2D eigenvalue weighted by atomic mass is 10.0. The van der Waals surface area contributed by atoms with Crippen LogP contribution in [-0.2, 0) is 0 Å². The highest BCUT2D eigenvalue weighted by Gasteiger charge is 2.12. The summed E-state index contributed by atoms with van der Waals surface area (Å²) in [6.07, 6.45) is 7.06. The smallest absolute Gasteiger partial charge is 0.163 e. The first kappa shape index (κ1) is 13.5. The molecule has 0 amide bonds. The van der Waals surface area contributed by atoms with Crippen LogP contribution in [0.25, 0.3) is 27.8 Å². The lowest BCUT2D eigenvalue weighted by Crippen LogP contribution is -1.97. The first-order chi connectivity index (χ1) is 11.2. The number of aromatic nitrogens is 4. The Morgan fingerprint density at radius 3 is 2.52 bits per heavy atom. The van der Waals surface area contributed by atoms with Crippen LogP contribution in [0.15, 0.2) is 61.2 Å². The first-order valence-corrected chi connectivity index (χ1v) is 7.34. The van der Waals surface area contributed by atoms with Crippen molar-refractivity contribution in [3.8, 4) is 16.8 Å². The predicted octanol–water partition coefficient (Wildman–Crippen LogP) is 3.37. The van der Waals surface area contributed by atoms with Crippen molar-refractivity contribution < 1.29 is 0 Å². The van der Waals surface area contributed by atoms with Crippen LogP contribution in [0.5, 0.6) is 0 Å². The van der Waals surface area contributed by atoms with Crippen molar-refractivity contribution in [1.29, 1.82) is 0 Å². The maximum atomic E-state index is 6.09. The molecule has 112 valence electrons. The number of aryl methyl sites for hydroxylation is 1. The topological polar surface area (TPSA) is 69.6 Å². The molecule has 4 rings (SSSR count). The van der Waals surface area contributed by atoms with E-state index < -0.39 is 0 Å². The number of rotatable bonds is 2. The first-order valence-electron chi connectivity index (χ1n) is 7.34. The molecule has 0 atom stereocenters. The number of fused-ring (bicyclic) bond motifs is 1. The number of hydrogen-bond acceptors (Lipinski definition) is 4. The lowest BCUT2D eigenvalue weighted by molar-refractivity contribution is 0.896. The van der Waals surface area contributed by atoms with E-state index in [1.54, 1.807) is 24.7 Å². The molecule has 2 N–H and O–H groups in total. The van der Waals surface area contributed by atoms with E-state index in [0.717, 1.165) is 27.8 Å². The molecular formula is C18H15N5. The Morgan fingerprint density at radius 2 is 1.74 bits per heavy atom. The van der Waals surface area contributed by atoms with Gasteiger partial charge in [-0.25, -0.2) is 9.67 Å². The summed E-state index contributed by atoms with van der Waals surface area (Å²) in [6, 6.07) is 11.9. The lowest BCUT2D eigenvalue weighted by Gasteiger charge is -2.07. The Bertz CT molecular complexity index is 986. The minimum atomic E-state index is 0.690. The minimum absolute atomic E-state index is 0.690. The number of hydrogen-bond donors (Lipinski definition) is 1. The molecule has 0 radical (unpaired) electrons. The van der Waals surface area contributed by atoms with E-state index in [0.29, 0.717) is 5.69 Å². The fraction of sp³-hybridized carbons (Fsp3) is 0.0556. The Morgan fingerprint density at radius 1 is 0.913 bits per heavy atom. The fourth-order valence-electron chi connectivity index (χ4n) is 2.67. The van der Waals surface area contributed by atoms with Gasteiger partial charge in [-0.15, -0.1) is 0 Å². The van der Waals surface area contributed by atoms with E-state index in [1.807, 2.05) is 29.1 Å². The largest absolute Gasteiger partial charge is 0.398 e. The summed E-state index contributed by atoms with van der Waals surface area (Å²) in [5.41, 5.74) is 11.6. The number of anilines is 1. The number of nitrogens with zero attached hydrogens (tertiary/aromatic N) is 4. The molecule has 5 heteroatoms. The molecular weight excluding hydrogens is 286 g/mol. The Kier molecular flexibility index (Phi) is 3.05. The van der Waals surface area contributed by atoms with Crippen LogP contribution in [0.2, 0.25) is 0 Å². The van der Waals surface area contributed by atoms with Gasteiger partial charge < -0.3 is 5.73 Å². The third-order valence-corrected chi connectivity index (χ3v) is 3.90. The highest BCUT2D eigenvalue weighted by Crippen LogP contribution is 2.31. The molecule has 3 heterocycles. The molecule has 0 fully saturated rings. The summed E-state index contributed by atoms with van der Waals surface area (Å²) in [7, 11) is 0. The van der Waals surface area contributed by atoms with E-state index in [9.17, 15) is 0 Å². The third-order valence-electron chi connectivity index (χ3n) is 3.90. The van der Waals surface area contributed by atoms with Crippen molar-refractivity contribution in [2.45, 2.75) is 6.92 Å². The highest BCUT2D eigenvalue weighted by molar-refractivity contribution is 5.95. The molecule has 0 unspecified atom stereocenters. The van der Waals surface area contributed by atoms with Gasteiger partial charge in [0.05, 0.1) is 11.9 Å². The van der Waals surface area contributed by atoms with Gasteiger partial charge >= 0.3 is 0 Å². The van der Waals surface area contributed by atoms with Crippen molar-refractivity contribution in [3.05, 3.63) is 66.7 Å². The molecule has 1 aromatic carbocycles. The SMILES string of the molecule is Cc1ccc(-n2ncc3c(-c4cnccc4N)ccnc32)cc1. The summed E-state index contributed by atoms with van der Waals surface area (Å²) in [6.45, 7) is 2.06. The average molecular weight is 301 g/mol. The van der Waals surface area contributed by atoms with Gasteiger partial charge in [0.1, 0.15) is 0 Å². The maximum absolute atomic E-state index is 6.09. The van der Waals surface area contributed by atoms with Crippen LogP contribution >= 0.6 is 0 Å². The van der Waals surface area contributed by atoms with Crippen LogP contribution in [0, 0.1) is 6.92 Å². The molecule has 5 nitrogen and oxygen atoms in total. The Balaban J connectivity index is 1.94. The van der Waals surface area contributed by atoms with E-state index in [4.69, 9.17) is 5.73 Å². The quantitative estimate of drug-likeness (QED) is 0.616. The average Bonchev–Trinajstić information content (AvgIpc) is 3.00. The number of nitrogen functional groups attached to an aromatic ring is 1. The molecule has 0 aliphatic rings.